The highest BCUT2D eigenvalue weighted by molar-refractivity contribution is 5.95. The highest BCUT2D eigenvalue weighted by atomic mass is 16.1. The Balaban J connectivity index is 1.71. The van der Waals surface area contributed by atoms with Crippen LogP contribution < -0.4 is 10.6 Å². The number of amides is 1. The van der Waals surface area contributed by atoms with Crippen molar-refractivity contribution in [2.45, 2.75) is 45.1 Å². The molecule has 1 aliphatic carbocycles. The van der Waals surface area contributed by atoms with E-state index in [0.29, 0.717) is 18.0 Å². The summed E-state index contributed by atoms with van der Waals surface area (Å²) in [6.45, 7) is 2.25. The van der Waals surface area contributed by atoms with Gasteiger partial charge >= 0.3 is 0 Å². The summed E-state index contributed by atoms with van der Waals surface area (Å²) < 4.78 is 0. The number of carbonyl (C=O) groups is 2. The van der Waals surface area contributed by atoms with Crippen LogP contribution in [0.25, 0.3) is 0 Å². The molecule has 1 saturated carbocycles. The average molecular weight is 274 g/mol. The van der Waals surface area contributed by atoms with E-state index in [1.54, 1.807) is 24.3 Å². The van der Waals surface area contributed by atoms with Crippen molar-refractivity contribution in [3.63, 3.8) is 0 Å². The number of nitrogens with one attached hydrogen (secondary N) is 2. The summed E-state index contributed by atoms with van der Waals surface area (Å²) in [6, 6.07) is 7.58. The van der Waals surface area contributed by atoms with Gasteiger partial charge in [-0.2, -0.15) is 0 Å². The SMILES string of the molecule is CC(=O)c1ccc(NC(=O)CCNC2CCCC2)cc1. The van der Waals surface area contributed by atoms with Crippen LogP contribution in [-0.4, -0.2) is 24.3 Å². The van der Waals surface area contributed by atoms with Crippen LogP contribution in [0.3, 0.4) is 0 Å². The number of anilines is 1. The van der Waals surface area contributed by atoms with E-state index in [2.05, 4.69) is 10.6 Å². The molecule has 0 aromatic heterocycles. The third kappa shape index (κ3) is 4.46. The van der Waals surface area contributed by atoms with Gasteiger partial charge in [-0.3, -0.25) is 9.59 Å². The number of hydrogen-bond donors (Lipinski definition) is 2. The van der Waals surface area contributed by atoms with Crippen molar-refractivity contribution < 1.29 is 9.59 Å². The lowest BCUT2D eigenvalue weighted by Crippen LogP contribution is -2.29. The van der Waals surface area contributed by atoms with Gasteiger partial charge in [0.2, 0.25) is 5.91 Å². The fourth-order valence-corrected chi connectivity index (χ4v) is 2.53. The topological polar surface area (TPSA) is 58.2 Å². The second-order valence-electron chi connectivity index (χ2n) is 5.37. The number of rotatable bonds is 6. The van der Waals surface area contributed by atoms with Crippen LogP contribution in [0, 0.1) is 0 Å². The summed E-state index contributed by atoms with van der Waals surface area (Å²) in [6.07, 6.45) is 5.53. The zero-order valence-electron chi connectivity index (χ0n) is 11.9. The first kappa shape index (κ1) is 14.7. The molecule has 0 radical (unpaired) electrons. The number of Topliss-reactive ketones (excluding diaryl/α,β-unsaturated/α-hetero) is 1. The lowest BCUT2D eigenvalue weighted by Gasteiger charge is -2.11. The quantitative estimate of drug-likeness (QED) is 0.784. The minimum atomic E-state index is 0.00562. The van der Waals surface area contributed by atoms with Gasteiger partial charge in [0.05, 0.1) is 0 Å². The summed E-state index contributed by atoms with van der Waals surface area (Å²) in [4.78, 5) is 22.9. The fraction of sp³-hybridized carbons (Fsp3) is 0.500. The molecule has 0 spiro atoms. The van der Waals surface area contributed by atoms with Crippen molar-refractivity contribution in [1.29, 1.82) is 0 Å². The van der Waals surface area contributed by atoms with Crippen LogP contribution in [0.15, 0.2) is 24.3 Å². The van der Waals surface area contributed by atoms with E-state index in [1.807, 2.05) is 0 Å². The number of benzene rings is 1. The Kier molecular flexibility index (Phi) is 5.30. The van der Waals surface area contributed by atoms with Crippen molar-refractivity contribution in [2.75, 3.05) is 11.9 Å². The smallest absolute Gasteiger partial charge is 0.225 e. The van der Waals surface area contributed by atoms with Gasteiger partial charge in [0, 0.05) is 30.3 Å². The lowest BCUT2D eigenvalue weighted by atomic mass is 10.1. The molecule has 0 aliphatic heterocycles. The van der Waals surface area contributed by atoms with Gasteiger partial charge in [0.1, 0.15) is 0 Å². The molecule has 4 heteroatoms. The Hall–Kier alpha value is -1.68. The molecule has 1 fully saturated rings. The fourth-order valence-electron chi connectivity index (χ4n) is 2.53. The predicted octanol–water partition coefficient (Wildman–Crippen LogP) is 2.75. The van der Waals surface area contributed by atoms with Gasteiger partial charge in [0.15, 0.2) is 5.78 Å². The minimum absolute atomic E-state index is 0.00562. The predicted molar refractivity (Wildman–Crippen MR) is 80.0 cm³/mol. The highest BCUT2D eigenvalue weighted by Gasteiger charge is 2.14. The molecule has 0 atom stereocenters. The summed E-state index contributed by atoms with van der Waals surface area (Å²) >= 11 is 0. The zero-order chi connectivity index (χ0) is 14.4. The average Bonchev–Trinajstić information content (AvgIpc) is 2.92. The molecule has 0 heterocycles. The van der Waals surface area contributed by atoms with Crippen molar-refractivity contribution in [3.8, 4) is 0 Å². The van der Waals surface area contributed by atoms with E-state index in [4.69, 9.17) is 0 Å². The molecular formula is C16H22N2O2. The van der Waals surface area contributed by atoms with E-state index >= 15 is 0 Å². The molecule has 0 unspecified atom stereocenters. The van der Waals surface area contributed by atoms with Crippen LogP contribution in [0.1, 0.15) is 49.4 Å². The standard InChI is InChI=1S/C16H22N2O2/c1-12(19)13-6-8-15(9-7-13)18-16(20)10-11-17-14-4-2-3-5-14/h6-9,14,17H,2-5,10-11H2,1H3,(H,18,20). The van der Waals surface area contributed by atoms with Gasteiger partial charge in [-0.05, 0) is 44.0 Å². The second-order valence-corrected chi connectivity index (χ2v) is 5.37. The maximum absolute atomic E-state index is 11.8. The maximum Gasteiger partial charge on any atom is 0.225 e. The number of carbonyl (C=O) groups excluding carboxylic acids is 2. The third-order valence-electron chi connectivity index (χ3n) is 3.72. The van der Waals surface area contributed by atoms with Crippen LogP contribution in [-0.2, 0) is 4.79 Å². The molecule has 108 valence electrons. The zero-order valence-corrected chi connectivity index (χ0v) is 11.9. The molecule has 0 bridgehead atoms. The first-order chi connectivity index (χ1) is 9.65. The maximum atomic E-state index is 11.8. The van der Waals surface area contributed by atoms with Crippen molar-refractivity contribution in [1.82, 2.24) is 5.32 Å². The third-order valence-corrected chi connectivity index (χ3v) is 3.72. The Bertz CT molecular complexity index is 462. The summed E-state index contributed by atoms with van der Waals surface area (Å²) in [5.41, 5.74) is 1.40. The Morgan fingerprint density at radius 3 is 2.40 bits per heavy atom. The van der Waals surface area contributed by atoms with Crippen molar-refractivity contribution in [2.24, 2.45) is 0 Å². The van der Waals surface area contributed by atoms with Crippen LogP contribution >= 0.6 is 0 Å². The van der Waals surface area contributed by atoms with E-state index in [9.17, 15) is 9.59 Å². The molecular weight excluding hydrogens is 252 g/mol. The molecule has 1 amide bonds. The highest BCUT2D eigenvalue weighted by Crippen LogP contribution is 2.17. The number of ketones is 1. The van der Waals surface area contributed by atoms with E-state index in [1.165, 1.54) is 32.6 Å². The molecule has 4 nitrogen and oxygen atoms in total. The monoisotopic (exact) mass is 274 g/mol. The molecule has 1 aromatic carbocycles. The number of hydrogen-bond acceptors (Lipinski definition) is 3. The largest absolute Gasteiger partial charge is 0.326 e. The molecule has 1 aromatic rings. The van der Waals surface area contributed by atoms with E-state index in [0.717, 1.165) is 12.2 Å². The van der Waals surface area contributed by atoms with E-state index < -0.39 is 0 Å². The normalized spacial score (nSPS) is 15.2. The molecule has 2 N–H and O–H groups in total. The Morgan fingerprint density at radius 1 is 1.15 bits per heavy atom. The van der Waals surface area contributed by atoms with Gasteiger partial charge < -0.3 is 10.6 Å². The van der Waals surface area contributed by atoms with Crippen molar-refractivity contribution in [3.05, 3.63) is 29.8 Å². The second kappa shape index (κ2) is 7.20. The summed E-state index contributed by atoms with van der Waals surface area (Å²) in [7, 11) is 0. The van der Waals surface area contributed by atoms with Crippen LogP contribution in [0.5, 0.6) is 0 Å². The Morgan fingerprint density at radius 2 is 1.80 bits per heavy atom. The molecule has 2 rings (SSSR count). The first-order valence-corrected chi connectivity index (χ1v) is 7.29. The van der Waals surface area contributed by atoms with Crippen molar-refractivity contribution >= 4 is 17.4 Å². The molecule has 1 aliphatic rings. The van der Waals surface area contributed by atoms with Gasteiger partial charge in [-0.1, -0.05) is 12.8 Å². The first-order valence-electron chi connectivity index (χ1n) is 7.29. The van der Waals surface area contributed by atoms with E-state index in [-0.39, 0.29) is 11.7 Å². The summed E-state index contributed by atoms with van der Waals surface area (Å²) in [5, 5.41) is 6.26. The molecule has 20 heavy (non-hydrogen) atoms. The van der Waals surface area contributed by atoms with Gasteiger partial charge in [-0.25, -0.2) is 0 Å². The van der Waals surface area contributed by atoms with Gasteiger partial charge in [0.25, 0.3) is 0 Å². The van der Waals surface area contributed by atoms with Gasteiger partial charge in [-0.15, -0.1) is 0 Å². The summed E-state index contributed by atoms with van der Waals surface area (Å²) in [5.74, 6) is 0.0368. The van der Waals surface area contributed by atoms with Crippen LogP contribution in [0.2, 0.25) is 0 Å². The minimum Gasteiger partial charge on any atom is -0.326 e. The van der Waals surface area contributed by atoms with Crippen LogP contribution in [0.4, 0.5) is 5.69 Å². The Labute approximate surface area is 119 Å². The lowest BCUT2D eigenvalue weighted by molar-refractivity contribution is -0.116. The molecule has 0 saturated heterocycles.